The molecule has 7 nitrogen and oxygen atoms in total. The number of anilines is 1. The average molecular weight is 496 g/mol. The van der Waals surface area contributed by atoms with Crippen LogP contribution in [-0.4, -0.2) is 35.3 Å². The van der Waals surface area contributed by atoms with Gasteiger partial charge < -0.3 is 9.47 Å². The van der Waals surface area contributed by atoms with E-state index in [1.165, 1.54) is 5.56 Å². The number of carbonyl (C=O) groups excluding carboxylic acids is 2. The van der Waals surface area contributed by atoms with Crippen LogP contribution in [0.5, 0.6) is 5.75 Å². The molecule has 0 saturated carbocycles. The number of hydrogen-bond acceptors (Lipinski definition) is 5. The monoisotopic (exact) mass is 495 g/mol. The summed E-state index contributed by atoms with van der Waals surface area (Å²) in [6.45, 7) is 6.72. The number of aryl methyl sites for hydroxylation is 1. The highest BCUT2D eigenvalue weighted by molar-refractivity contribution is 6.12. The van der Waals surface area contributed by atoms with E-state index in [4.69, 9.17) is 9.47 Å². The van der Waals surface area contributed by atoms with Crippen LogP contribution in [0.15, 0.2) is 72.8 Å². The van der Waals surface area contributed by atoms with Gasteiger partial charge in [0.1, 0.15) is 11.4 Å². The quantitative estimate of drug-likeness (QED) is 0.305. The Hall–Kier alpha value is -4.39. The van der Waals surface area contributed by atoms with E-state index in [1.54, 1.807) is 36.1 Å². The topological polar surface area (TPSA) is 84.5 Å². The minimum atomic E-state index is -0.388. The van der Waals surface area contributed by atoms with Crippen LogP contribution in [0.4, 0.5) is 5.69 Å². The molecule has 1 unspecified atom stereocenters. The van der Waals surface area contributed by atoms with E-state index in [2.05, 4.69) is 41.4 Å². The Kier molecular flexibility index (Phi) is 6.77. The summed E-state index contributed by atoms with van der Waals surface area (Å²) in [4.78, 5) is 27.7. The number of amides is 1. The lowest BCUT2D eigenvalue weighted by Gasteiger charge is -2.27. The molecule has 0 saturated heterocycles. The molecule has 4 aromatic rings. The van der Waals surface area contributed by atoms with Gasteiger partial charge in [0.2, 0.25) is 0 Å². The van der Waals surface area contributed by atoms with Crippen molar-refractivity contribution in [3.63, 3.8) is 0 Å². The number of H-pyrrole nitrogens is 1. The zero-order valence-corrected chi connectivity index (χ0v) is 21.2. The van der Waals surface area contributed by atoms with Gasteiger partial charge in [-0.05, 0) is 79.9 Å². The van der Waals surface area contributed by atoms with Crippen molar-refractivity contribution in [2.45, 2.75) is 33.2 Å². The molecule has 2 heterocycles. The molecule has 37 heavy (non-hydrogen) atoms. The Bertz CT molecular complexity index is 1410. The number of carbonyl (C=O) groups is 2. The standard InChI is InChI=1S/C30H29N3O4/c1-4-19-7-9-21(10-8-19)28-25-26(20-13-17-24(18-14-20)36-5-2)31-32-27(25)29(34)33(28)23-15-11-22(12-16-23)30(35)37-6-3/h7-18,28H,4-6H2,1-3H3,(H,31,32). The molecule has 0 aliphatic carbocycles. The van der Waals surface area contributed by atoms with Crippen molar-refractivity contribution >= 4 is 17.6 Å². The van der Waals surface area contributed by atoms with Crippen molar-refractivity contribution in [1.29, 1.82) is 0 Å². The minimum absolute atomic E-state index is 0.173. The molecule has 1 aliphatic rings. The SMILES string of the molecule is CCOC(=O)c1ccc(N2C(=O)c3[nH]nc(-c4ccc(OCC)cc4)c3C2c2ccc(CC)cc2)cc1. The summed E-state index contributed by atoms with van der Waals surface area (Å²) in [7, 11) is 0. The molecule has 1 aromatic heterocycles. The second-order valence-corrected chi connectivity index (χ2v) is 8.76. The fraction of sp³-hybridized carbons (Fsp3) is 0.233. The van der Waals surface area contributed by atoms with E-state index in [0.29, 0.717) is 30.2 Å². The van der Waals surface area contributed by atoms with Crippen molar-refractivity contribution in [3.05, 3.63) is 101 Å². The Morgan fingerprint density at radius 1 is 0.919 bits per heavy atom. The maximum Gasteiger partial charge on any atom is 0.338 e. The Balaban J connectivity index is 1.60. The highest BCUT2D eigenvalue weighted by atomic mass is 16.5. The highest BCUT2D eigenvalue weighted by Crippen LogP contribution is 2.45. The fourth-order valence-corrected chi connectivity index (χ4v) is 4.73. The molecule has 1 N–H and O–H groups in total. The van der Waals surface area contributed by atoms with Gasteiger partial charge >= 0.3 is 5.97 Å². The van der Waals surface area contributed by atoms with Crippen molar-refractivity contribution in [2.24, 2.45) is 0 Å². The van der Waals surface area contributed by atoms with Gasteiger partial charge in [-0.2, -0.15) is 5.10 Å². The van der Waals surface area contributed by atoms with Crippen LogP contribution < -0.4 is 9.64 Å². The summed E-state index contributed by atoms with van der Waals surface area (Å²) in [5.74, 6) is 0.221. The Morgan fingerprint density at radius 3 is 2.24 bits per heavy atom. The molecule has 7 heteroatoms. The number of benzene rings is 3. The second kappa shape index (κ2) is 10.3. The van der Waals surface area contributed by atoms with Crippen LogP contribution >= 0.6 is 0 Å². The van der Waals surface area contributed by atoms with E-state index >= 15 is 0 Å². The summed E-state index contributed by atoms with van der Waals surface area (Å²) >= 11 is 0. The maximum absolute atomic E-state index is 13.8. The smallest absolute Gasteiger partial charge is 0.338 e. The van der Waals surface area contributed by atoms with E-state index in [1.807, 2.05) is 31.2 Å². The normalized spacial score (nSPS) is 14.5. The summed E-state index contributed by atoms with van der Waals surface area (Å²) in [6.07, 6.45) is 0.928. The Morgan fingerprint density at radius 2 is 1.62 bits per heavy atom. The first-order chi connectivity index (χ1) is 18.0. The van der Waals surface area contributed by atoms with Crippen LogP contribution in [0.3, 0.4) is 0 Å². The first kappa shape index (κ1) is 24.3. The number of fused-ring (bicyclic) bond motifs is 1. The maximum atomic E-state index is 13.8. The van der Waals surface area contributed by atoms with E-state index in [0.717, 1.165) is 34.6 Å². The van der Waals surface area contributed by atoms with Gasteiger partial charge in [-0.1, -0.05) is 31.2 Å². The molecule has 3 aromatic carbocycles. The molecule has 1 amide bonds. The largest absolute Gasteiger partial charge is 0.494 e. The summed E-state index contributed by atoms with van der Waals surface area (Å²) < 4.78 is 10.7. The number of aromatic amines is 1. The van der Waals surface area contributed by atoms with Crippen molar-refractivity contribution in [1.82, 2.24) is 10.2 Å². The highest BCUT2D eigenvalue weighted by Gasteiger charge is 2.43. The molecule has 0 radical (unpaired) electrons. The van der Waals surface area contributed by atoms with Gasteiger partial charge in [-0.25, -0.2) is 4.79 Å². The van der Waals surface area contributed by atoms with E-state index in [9.17, 15) is 9.59 Å². The van der Waals surface area contributed by atoms with E-state index in [-0.39, 0.29) is 17.9 Å². The predicted octanol–water partition coefficient (Wildman–Crippen LogP) is 5.96. The predicted molar refractivity (Wildman–Crippen MR) is 142 cm³/mol. The molecule has 0 spiro atoms. The average Bonchev–Trinajstić information content (AvgIpc) is 3.48. The van der Waals surface area contributed by atoms with Crippen molar-refractivity contribution in [2.75, 3.05) is 18.1 Å². The molecule has 188 valence electrons. The number of rotatable bonds is 8. The third kappa shape index (κ3) is 4.48. The molecule has 0 bridgehead atoms. The van der Waals surface area contributed by atoms with Gasteiger partial charge in [-0.3, -0.25) is 14.8 Å². The molecular weight excluding hydrogens is 466 g/mol. The van der Waals surface area contributed by atoms with Crippen LogP contribution in [0.1, 0.15) is 64.3 Å². The number of aromatic nitrogens is 2. The van der Waals surface area contributed by atoms with Crippen LogP contribution in [-0.2, 0) is 11.2 Å². The van der Waals surface area contributed by atoms with Gasteiger partial charge in [0.05, 0.1) is 30.5 Å². The van der Waals surface area contributed by atoms with Gasteiger partial charge in [0.15, 0.2) is 0 Å². The van der Waals surface area contributed by atoms with Crippen molar-refractivity contribution in [3.8, 4) is 17.0 Å². The summed E-state index contributed by atoms with van der Waals surface area (Å²) in [5, 5.41) is 7.55. The van der Waals surface area contributed by atoms with Gasteiger partial charge in [0, 0.05) is 16.8 Å². The summed E-state index contributed by atoms with van der Waals surface area (Å²) in [5.41, 5.74) is 6.23. The van der Waals surface area contributed by atoms with Crippen molar-refractivity contribution < 1.29 is 19.1 Å². The zero-order valence-electron chi connectivity index (χ0n) is 21.2. The Labute approximate surface area is 216 Å². The molecular formula is C30H29N3O4. The second-order valence-electron chi connectivity index (χ2n) is 8.76. The van der Waals surface area contributed by atoms with Gasteiger partial charge in [-0.15, -0.1) is 0 Å². The number of ether oxygens (including phenoxy) is 2. The minimum Gasteiger partial charge on any atom is -0.494 e. The number of esters is 1. The van der Waals surface area contributed by atoms with Gasteiger partial charge in [0.25, 0.3) is 5.91 Å². The molecule has 1 atom stereocenters. The molecule has 0 fully saturated rings. The van der Waals surface area contributed by atoms with E-state index < -0.39 is 0 Å². The lowest BCUT2D eigenvalue weighted by Crippen LogP contribution is -2.29. The first-order valence-corrected chi connectivity index (χ1v) is 12.6. The molecule has 1 aliphatic heterocycles. The fourth-order valence-electron chi connectivity index (χ4n) is 4.73. The molecule has 5 rings (SSSR count). The van der Waals surface area contributed by atoms with Crippen LogP contribution in [0, 0.1) is 0 Å². The number of nitrogens with one attached hydrogen (secondary N) is 1. The third-order valence-corrected chi connectivity index (χ3v) is 6.57. The van der Waals surface area contributed by atoms with Crippen LogP contribution in [0.25, 0.3) is 11.3 Å². The third-order valence-electron chi connectivity index (χ3n) is 6.57. The lowest BCUT2D eigenvalue weighted by atomic mass is 9.95. The lowest BCUT2D eigenvalue weighted by molar-refractivity contribution is 0.0526. The summed E-state index contributed by atoms with van der Waals surface area (Å²) in [6, 6.07) is 22.6. The number of hydrogen-bond donors (Lipinski definition) is 1. The number of nitrogens with zero attached hydrogens (tertiary/aromatic N) is 2. The zero-order chi connectivity index (χ0) is 25.9. The van der Waals surface area contributed by atoms with Crippen LogP contribution in [0.2, 0.25) is 0 Å². The first-order valence-electron chi connectivity index (χ1n) is 12.6.